The summed E-state index contributed by atoms with van der Waals surface area (Å²) in [5.41, 5.74) is 1.53. The number of thiocarbonyl (C=S) groups is 1. The molecule has 1 amide bonds. The molecule has 0 bridgehead atoms. The first-order chi connectivity index (χ1) is 11.9. The lowest BCUT2D eigenvalue weighted by molar-refractivity contribution is 0.0734. The fraction of sp³-hybridized carbons (Fsp3) is 0.211. The predicted molar refractivity (Wildman–Crippen MR) is 112 cm³/mol. The molecule has 2 aromatic rings. The maximum Gasteiger partial charge on any atom is 0.260 e. The molecule has 0 unspecified atom stereocenters. The minimum Gasteiger partial charge on any atom is -0.272 e. The van der Waals surface area contributed by atoms with Crippen molar-refractivity contribution in [2.24, 2.45) is 4.99 Å². The zero-order valence-corrected chi connectivity index (χ0v) is 17.8. The van der Waals surface area contributed by atoms with Crippen LogP contribution in [0.4, 0.5) is 0 Å². The fourth-order valence-corrected chi connectivity index (χ4v) is 3.70. The van der Waals surface area contributed by atoms with Crippen molar-refractivity contribution in [1.82, 2.24) is 4.90 Å². The van der Waals surface area contributed by atoms with Crippen LogP contribution in [0, 0.1) is 0 Å². The summed E-state index contributed by atoms with van der Waals surface area (Å²) >= 11 is 12.5. The topological polar surface area (TPSA) is 32.7 Å². The molecule has 0 spiro atoms. The maximum absolute atomic E-state index is 13.1. The van der Waals surface area contributed by atoms with Crippen LogP contribution in [0.15, 0.2) is 62.5 Å². The number of hydrogen-bond donors (Lipinski definition) is 0. The summed E-state index contributed by atoms with van der Waals surface area (Å²) in [6.45, 7) is 3.96. The molecule has 1 atom stereocenters. The molecule has 2 aromatic carbocycles. The van der Waals surface area contributed by atoms with Crippen molar-refractivity contribution < 1.29 is 4.79 Å². The van der Waals surface area contributed by atoms with E-state index in [0.717, 1.165) is 14.5 Å². The Morgan fingerprint density at radius 1 is 1.08 bits per heavy atom. The van der Waals surface area contributed by atoms with Crippen molar-refractivity contribution in [1.29, 1.82) is 0 Å². The zero-order chi connectivity index (χ0) is 18.2. The molecule has 0 fully saturated rings. The van der Waals surface area contributed by atoms with Crippen LogP contribution in [0.2, 0.25) is 0 Å². The second-order valence-corrected chi connectivity index (χ2v) is 8.21. The molecule has 1 aliphatic heterocycles. The molecular weight excluding hydrogens is 464 g/mol. The summed E-state index contributed by atoms with van der Waals surface area (Å²) in [7, 11) is 0. The SMILES string of the molecule is CC[C@@]1(C)N=C(c2ccc(Br)cc2)C(=S)N1C(=O)c1ccc(Br)cc1. The van der Waals surface area contributed by atoms with E-state index in [1.54, 1.807) is 17.0 Å². The molecule has 0 aliphatic carbocycles. The molecule has 25 heavy (non-hydrogen) atoms. The van der Waals surface area contributed by atoms with Crippen molar-refractivity contribution in [2.45, 2.75) is 25.9 Å². The lowest BCUT2D eigenvalue weighted by atomic mass is 10.1. The third-order valence-electron chi connectivity index (χ3n) is 4.32. The van der Waals surface area contributed by atoms with E-state index in [1.807, 2.05) is 50.2 Å². The number of amides is 1. The van der Waals surface area contributed by atoms with E-state index < -0.39 is 5.66 Å². The molecule has 0 saturated heterocycles. The monoisotopic (exact) mass is 478 g/mol. The first-order valence-electron chi connectivity index (χ1n) is 7.86. The highest BCUT2D eigenvalue weighted by Crippen LogP contribution is 2.32. The highest BCUT2D eigenvalue weighted by molar-refractivity contribution is 9.10. The number of aliphatic imine (C=N–C) groups is 1. The Kier molecular flexibility index (Phi) is 5.23. The molecule has 0 N–H and O–H groups in total. The van der Waals surface area contributed by atoms with Gasteiger partial charge in [-0.25, -0.2) is 0 Å². The van der Waals surface area contributed by atoms with Crippen molar-refractivity contribution in [3.63, 3.8) is 0 Å². The van der Waals surface area contributed by atoms with E-state index in [4.69, 9.17) is 17.2 Å². The number of nitrogens with zero attached hydrogens (tertiary/aromatic N) is 2. The summed E-state index contributed by atoms with van der Waals surface area (Å²) in [6.07, 6.45) is 0.676. The van der Waals surface area contributed by atoms with E-state index in [1.165, 1.54) is 0 Å². The Morgan fingerprint density at radius 3 is 2.12 bits per heavy atom. The van der Waals surface area contributed by atoms with Crippen LogP contribution in [-0.2, 0) is 0 Å². The first kappa shape index (κ1) is 18.4. The number of hydrogen-bond acceptors (Lipinski definition) is 3. The highest BCUT2D eigenvalue weighted by Gasteiger charge is 2.44. The summed E-state index contributed by atoms with van der Waals surface area (Å²) in [6, 6.07) is 15.1. The number of rotatable bonds is 3. The van der Waals surface area contributed by atoms with E-state index in [9.17, 15) is 4.79 Å². The first-order valence-corrected chi connectivity index (χ1v) is 9.85. The molecule has 6 heteroatoms. The highest BCUT2D eigenvalue weighted by atomic mass is 79.9. The van der Waals surface area contributed by atoms with E-state index in [2.05, 4.69) is 31.9 Å². The van der Waals surface area contributed by atoms with Crippen LogP contribution in [0.3, 0.4) is 0 Å². The van der Waals surface area contributed by atoms with Gasteiger partial charge in [0.15, 0.2) is 0 Å². The summed E-state index contributed by atoms with van der Waals surface area (Å²) < 4.78 is 1.92. The minimum atomic E-state index is -0.677. The molecule has 3 rings (SSSR count). The second kappa shape index (κ2) is 7.09. The molecule has 3 nitrogen and oxygen atoms in total. The Labute approximate surface area is 169 Å². The molecular formula is C19H16Br2N2OS. The van der Waals surface area contributed by atoms with Gasteiger partial charge in [0.25, 0.3) is 5.91 Å². The van der Waals surface area contributed by atoms with Crippen LogP contribution in [0.5, 0.6) is 0 Å². The van der Waals surface area contributed by atoms with Crippen LogP contribution in [0.1, 0.15) is 36.2 Å². The van der Waals surface area contributed by atoms with Crippen molar-refractivity contribution in [3.8, 4) is 0 Å². The van der Waals surface area contributed by atoms with Crippen LogP contribution in [0.25, 0.3) is 0 Å². The minimum absolute atomic E-state index is 0.127. The summed E-state index contributed by atoms with van der Waals surface area (Å²) in [5.74, 6) is -0.127. The van der Waals surface area contributed by atoms with Gasteiger partial charge in [0.2, 0.25) is 0 Å². The van der Waals surface area contributed by atoms with Crippen molar-refractivity contribution >= 4 is 60.7 Å². The molecule has 1 heterocycles. The fourth-order valence-electron chi connectivity index (χ4n) is 2.73. The lowest BCUT2D eigenvalue weighted by Gasteiger charge is -2.31. The largest absolute Gasteiger partial charge is 0.272 e. The Morgan fingerprint density at radius 2 is 1.60 bits per heavy atom. The van der Waals surface area contributed by atoms with Crippen LogP contribution >= 0.6 is 44.1 Å². The van der Waals surface area contributed by atoms with Crippen molar-refractivity contribution in [3.05, 3.63) is 68.6 Å². The number of benzene rings is 2. The van der Waals surface area contributed by atoms with Gasteiger partial charge in [0, 0.05) is 20.1 Å². The lowest BCUT2D eigenvalue weighted by Crippen LogP contribution is -2.47. The third-order valence-corrected chi connectivity index (χ3v) is 5.76. The molecule has 0 saturated carbocycles. The van der Waals surface area contributed by atoms with Crippen LogP contribution < -0.4 is 0 Å². The van der Waals surface area contributed by atoms with Gasteiger partial charge in [-0.1, -0.05) is 63.1 Å². The van der Waals surface area contributed by atoms with Gasteiger partial charge in [-0.05, 0) is 49.7 Å². The molecule has 0 radical (unpaired) electrons. The number of halogens is 2. The van der Waals surface area contributed by atoms with E-state index >= 15 is 0 Å². The average Bonchev–Trinajstić information content (AvgIpc) is 2.87. The zero-order valence-electron chi connectivity index (χ0n) is 13.8. The smallest absolute Gasteiger partial charge is 0.260 e. The van der Waals surface area contributed by atoms with Gasteiger partial charge in [0.1, 0.15) is 16.4 Å². The normalized spacial score (nSPS) is 19.9. The van der Waals surface area contributed by atoms with E-state index in [0.29, 0.717) is 22.7 Å². The average molecular weight is 480 g/mol. The summed E-state index contributed by atoms with van der Waals surface area (Å²) in [5, 5.41) is 0. The van der Waals surface area contributed by atoms with Crippen LogP contribution in [-0.4, -0.2) is 27.2 Å². The Bertz CT molecular complexity index is 862. The van der Waals surface area contributed by atoms with Gasteiger partial charge in [-0.3, -0.25) is 14.7 Å². The quantitative estimate of drug-likeness (QED) is 0.536. The van der Waals surface area contributed by atoms with Gasteiger partial charge >= 0.3 is 0 Å². The second-order valence-electron chi connectivity index (χ2n) is 5.99. The third kappa shape index (κ3) is 3.48. The molecule has 0 aromatic heterocycles. The van der Waals surface area contributed by atoms with Crippen molar-refractivity contribution in [2.75, 3.05) is 0 Å². The van der Waals surface area contributed by atoms with Gasteiger partial charge < -0.3 is 0 Å². The molecule has 128 valence electrons. The van der Waals surface area contributed by atoms with Gasteiger partial charge in [-0.2, -0.15) is 0 Å². The number of carbonyl (C=O) groups excluding carboxylic acids is 1. The molecule has 1 aliphatic rings. The maximum atomic E-state index is 13.1. The Balaban J connectivity index is 2.00. The Hall–Kier alpha value is -1.37. The number of carbonyl (C=O) groups is 1. The van der Waals surface area contributed by atoms with Gasteiger partial charge in [0.05, 0.1) is 0 Å². The standard InChI is InChI=1S/C19H16Br2N2OS/c1-3-19(2)22-16(12-4-8-14(20)9-5-12)18(25)23(19)17(24)13-6-10-15(21)11-7-13/h4-11H,3H2,1-2H3/t19-/m0/s1. The summed E-state index contributed by atoms with van der Waals surface area (Å²) in [4.78, 5) is 20.1. The van der Waals surface area contributed by atoms with E-state index in [-0.39, 0.29) is 5.91 Å². The van der Waals surface area contributed by atoms with Gasteiger partial charge in [-0.15, -0.1) is 0 Å². The predicted octanol–water partition coefficient (Wildman–Crippen LogP) is 5.61.